The lowest BCUT2D eigenvalue weighted by Gasteiger charge is -2.29. The van der Waals surface area contributed by atoms with Crippen LogP contribution in [-0.2, 0) is 4.74 Å². The molecule has 0 saturated heterocycles. The Hall–Kier alpha value is -2.37. The third-order valence-corrected chi connectivity index (χ3v) is 3.44. The average molecular weight is 318 g/mol. The molecule has 0 bridgehead atoms. The monoisotopic (exact) mass is 318 g/mol. The van der Waals surface area contributed by atoms with Gasteiger partial charge in [-0.25, -0.2) is 9.78 Å². The molecule has 23 heavy (non-hydrogen) atoms. The predicted molar refractivity (Wildman–Crippen MR) is 86.6 cm³/mol. The summed E-state index contributed by atoms with van der Waals surface area (Å²) >= 11 is 0. The third-order valence-electron chi connectivity index (χ3n) is 3.44. The zero-order chi connectivity index (χ0) is 17.0. The lowest BCUT2D eigenvalue weighted by atomic mass is 10.0. The van der Waals surface area contributed by atoms with Crippen LogP contribution in [0.4, 0.5) is 4.79 Å². The number of hydrogen-bond donors (Lipinski definition) is 0. The van der Waals surface area contributed by atoms with Crippen LogP contribution in [0.3, 0.4) is 0 Å². The van der Waals surface area contributed by atoms with E-state index in [2.05, 4.69) is 4.98 Å². The maximum absolute atomic E-state index is 12.0. The van der Waals surface area contributed by atoms with Crippen molar-refractivity contribution < 1.29 is 19.1 Å². The Balaban J connectivity index is 2.10. The van der Waals surface area contributed by atoms with Gasteiger partial charge in [0.05, 0.1) is 7.11 Å². The average Bonchev–Trinajstić information content (AvgIpc) is 2.52. The van der Waals surface area contributed by atoms with Gasteiger partial charge in [-0.3, -0.25) is 4.79 Å². The molecule has 0 aliphatic carbocycles. The van der Waals surface area contributed by atoms with E-state index < -0.39 is 5.60 Å². The molecule has 0 aromatic carbocycles. The van der Waals surface area contributed by atoms with Gasteiger partial charge in [0, 0.05) is 19.3 Å². The third kappa shape index (κ3) is 4.31. The van der Waals surface area contributed by atoms with Gasteiger partial charge in [-0.2, -0.15) is 0 Å². The summed E-state index contributed by atoms with van der Waals surface area (Å²) in [5.41, 5.74) is 1.76. The molecule has 0 unspecified atom stereocenters. The highest BCUT2D eigenvalue weighted by Crippen LogP contribution is 2.26. The van der Waals surface area contributed by atoms with E-state index in [-0.39, 0.29) is 11.8 Å². The van der Waals surface area contributed by atoms with Crippen molar-refractivity contribution in [1.29, 1.82) is 0 Å². The molecule has 1 aliphatic rings. The number of methoxy groups -OCH3 is 1. The molecule has 0 spiro atoms. The molecular formula is C17H22N2O4. The second-order valence-corrected chi connectivity index (χ2v) is 6.34. The van der Waals surface area contributed by atoms with E-state index in [0.717, 1.165) is 11.1 Å². The highest BCUT2D eigenvalue weighted by Gasteiger charge is 2.24. The molecule has 6 nitrogen and oxygen atoms in total. The number of carbonyl (C=O) groups excluding carboxylic acids is 2. The summed E-state index contributed by atoms with van der Waals surface area (Å²) in [4.78, 5) is 28.7. The van der Waals surface area contributed by atoms with Gasteiger partial charge in [-0.15, -0.1) is 0 Å². The van der Waals surface area contributed by atoms with Crippen molar-refractivity contribution in [2.24, 2.45) is 0 Å². The summed E-state index contributed by atoms with van der Waals surface area (Å²) in [7, 11) is 1.51. The summed E-state index contributed by atoms with van der Waals surface area (Å²) in [6.45, 7) is 6.62. The van der Waals surface area contributed by atoms with Gasteiger partial charge in [0.15, 0.2) is 6.29 Å². The molecule has 1 aliphatic heterocycles. The largest absolute Gasteiger partial charge is 0.494 e. The maximum Gasteiger partial charge on any atom is 0.410 e. The van der Waals surface area contributed by atoms with Gasteiger partial charge >= 0.3 is 6.09 Å². The number of amides is 1. The Morgan fingerprint density at radius 2 is 2.13 bits per heavy atom. The van der Waals surface area contributed by atoms with Crippen molar-refractivity contribution in [2.45, 2.75) is 32.8 Å². The Labute approximate surface area is 136 Å². The van der Waals surface area contributed by atoms with Gasteiger partial charge < -0.3 is 14.4 Å². The van der Waals surface area contributed by atoms with Gasteiger partial charge in [0.1, 0.15) is 17.0 Å². The molecule has 1 aromatic heterocycles. The lowest BCUT2D eigenvalue weighted by molar-refractivity contribution is 0.0270. The minimum Gasteiger partial charge on any atom is -0.494 e. The van der Waals surface area contributed by atoms with E-state index in [1.165, 1.54) is 7.11 Å². The Morgan fingerprint density at radius 1 is 1.39 bits per heavy atom. The number of hydrogen-bond acceptors (Lipinski definition) is 5. The molecule has 0 saturated carbocycles. The second kappa shape index (κ2) is 6.81. The van der Waals surface area contributed by atoms with Crippen LogP contribution >= 0.6 is 0 Å². The zero-order valence-electron chi connectivity index (χ0n) is 14.0. The van der Waals surface area contributed by atoms with Crippen LogP contribution < -0.4 is 4.74 Å². The van der Waals surface area contributed by atoms with Gasteiger partial charge in [0.2, 0.25) is 0 Å². The molecule has 0 fully saturated rings. The first-order valence-electron chi connectivity index (χ1n) is 7.50. The van der Waals surface area contributed by atoms with Crippen LogP contribution in [0.5, 0.6) is 5.75 Å². The van der Waals surface area contributed by atoms with Gasteiger partial charge in [-0.05, 0) is 44.4 Å². The van der Waals surface area contributed by atoms with E-state index in [9.17, 15) is 9.59 Å². The van der Waals surface area contributed by atoms with E-state index in [4.69, 9.17) is 9.47 Å². The van der Waals surface area contributed by atoms with Crippen molar-refractivity contribution in [3.63, 3.8) is 0 Å². The number of ether oxygens (including phenoxy) is 2. The molecule has 1 aromatic rings. The van der Waals surface area contributed by atoms with Crippen molar-refractivity contribution in [3.05, 3.63) is 29.6 Å². The SMILES string of the molecule is COc1cc(C2=CCN(C(=O)OC(C)(C)C)CC2)cnc1C=O. The molecule has 2 heterocycles. The molecule has 1 amide bonds. The minimum absolute atomic E-state index is 0.281. The first-order chi connectivity index (χ1) is 10.8. The normalized spacial score (nSPS) is 15.0. The molecule has 0 N–H and O–H groups in total. The number of pyridine rings is 1. The van der Waals surface area contributed by atoms with Crippen LogP contribution in [0.2, 0.25) is 0 Å². The summed E-state index contributed by atoms with van der Waals surface area (Å²) in [5.74, 6) is 0.452. The summed E-state index contributed by atoms with van der Waals surface area (Å²) in [6.07, 6.45) is 4.69. The second-order valence-electron chi connectivity index (χ2n) is 6.34. The summed E-state index contributed by atoms with van der Waals surface area (Å²) < 4.78 is 10.5. The molecule has 0 atom stereocenters. The van der Waals surface area contributed by atoms with E-state index in [0.29, 0.717) is 31.5 Å². The van der Waals surface area contributed by atoms with Crippen molar-refractivity contribution >= 4 is 18.0 Å². The number of carbonyl (C=O) groups is 2. The summed E-state index contributed by atoms with van der Waals surface area (Å²) in [5, 5.41) is 0. The highest BCUT2D eigenvalue weighted by molar-refractivity contribution is 5.79. The molecular weight excluding hydrogens is 296 g/mol. The smallest absolute Gasteiger partial charge is 0.410 e. The van der Waals surface area contributed by atoms with Crippen LogP contribution in [0.15, 0.2) is 18.3 Å². The molecule has 6 heteroatoms. The fourth-order valence-corrected chi connectivity index (χ4v) is 2.31. The van der Waals surface area contributed by atoms with E-state index in [1.807, 2.05) is 26.8 Å². The van der Waals surface area contributed by atoms with Crippen molar-refractivity contribution in [1.82, 2.24) is 9.88 Å². The first-order valence-corrected chi connectivity index (χ1v) is 7.50. The molecule has 0 radical (unpaired) electrons. The zero-order valence-corrected chi connectivity index (χ0v) is 14.0. The quantitative estimate of drug-likeness (QED) is 0.802. The van der Waals surface area contributed by atoms with Gasteiger partial charge in [0.25, 0.3) is 0 Å². The Morgan fingerprint density at radius 3 is 2.65 bits per heavy atom. The number of nitrogens with zero attached hydrogens (tertiary/aromatic N) is 2. The number of rotatable bonds is 3. The fraction of sp³-hybridized carbons (Fsp3) is 0.471. The van der Waals surface area contributed by atoms with Crippen LogP contribution in [0.1, 0.15) is 43.2 Å². The standard InChI is InChI=1S/C17H22N2O4/c1-17(2,3)23-16(21)19-7-5-12(6-8-19)13-9-15(22-4)14(11-20)18-10-13/h5,9-11H,6-8H2,1-4H3. The highest BCUT2D eigenvalue weighted by atomic mass is 16.6. The van der Waals surface area contributed by atoms with E-state index in [1.54, 1.807) is 17.2 Å². The Bertz CT molecular complexity index is 632. The predicted octanol–water partition coefficient (Wildman–Crippen LogP) is 2.93. The van der Waals surface area contributed by atoms with Crippen molar-refractivity contribution in [3.8, 4) is 5.75 Å². The Kier molecular flexibility index (Phi) is 5.03. The van der Waals surface area contributed by atoms with Crippen molar-refractivity contribution in [2.75, 3.05) is 20.2 Å². The van der Waals surface area contributed by atoms with Crippen LogP contribution in [0, 0.1) is 0 Å². The van der Waals surface area contributed by atoms with E-state index >= 15 is 0 Å². The summed E-state index contributed by atoms with van der Waals surface area (Å²) in [6, 6.07) is 1.80. The number of aromatic nitrogens is 1. The fourth-order valence-electron chi connectivity index (χ4n) is 2.31. The molecule has 124 valence electrons. The number of aldehydes is 1. The van der Waals surface area contributed by atoms with Gasteiger partial charge in [-0.1, -0.05) is 6.08 Å². The topological polar surface area (TPSA) is 68.7 Å². The van der Waals surface area contributed by atoms with Crippen LogP contribution in [-0.4, -0.2) is 48.1 Å². The minimum atomic E-state index is -0.497. The maximum atomic E-state index is 12.0. The first kappa shape index (κ1) is 17.0. The lowest BCUT2D eigenvalue weighted by Crippen LogP contribution is -2.39. The van der Waals surface area contributed by atoms with Crippen LogP contribution in [0.25, 0.3) is 5.57 Å². The molecule has 2 rings (SSSR count).